The first-order valence-corrected chi connectivity index (χ1v) is 5.63. The Bertz CT molecular complexity index is 288. The van der Waals surface area contributed by atoms with Gasteiger partial charge in [0, 0.05) is 6.04 Å². The van der Waals surface area contributed by atoms with Gasteiger partial charge in [-0.15, -0.1) is 0 Å². The van der Waals surface area contributed by atoms with Crippen LogP contribution >= 0.6 is 0 Å². The fourth-order valence-corrected chi connectivity index (χ4v) is 2.61. The summed E-state index contributed by atoms with van der Waals surface area (Å²) in [5.74, 6) is -0.821. The van der Waals surface area contributed by atoms with Crippen molar-refractivity contribution in [2.24, 2.45) is 10.9 Å². The number of aliphatic imine (C=N–C) groups is 1. The van der Waals surface area contributed by atoms with Crippen molar-refractivity contribution < 1.29 is 9.90 Å². The molecule has 1 aliphatic carbocycles. The van der Waals surface area contributed by atoms with Crippen LogP contribution < -0.4 is 0 Å². The van der Waals surface area contributed by atoms with Crippen molar-refractivity contribution in [2.75, 3.05) is 0 Å². The molecule has 0 aromatic carbocycles. The third kappa shape index (κ3) is 1.85. The summed E-state index contributed by atoms with van der Waals surface area (Å²) >= 11 is 0. The number of carboxylic acid groups (broad SMARTS) is 1. The monoisotopic (exact) mass is 210 g/mol. The van der Waals surface area contributed by atoms with E-state index in [0.717, 1.165) is 19.3 Å². The first-order chi connectivity index (χ1) is 7.09. The van der Waals surface area contributed by atoms with E-state index in [0.29, 0.717) is 18.1 Å². The number of carbonyl (C=O) groups is 1. The standard InChI is InChI=1S/C11H18N2O2/c1-7(2)13-6-12-9-4-3-8(11(14)15)5-10(9)13/h6-10H,3-5H2,1-2H3,(H,14,15). The minimum Gasteiger partial charge on any atom is -0.481 e. The number of hydrogen-bond donors (Lipinski definition) is 1. The number of aliphatic carboxylic acids is 1. The van der Waals surface area contributed by atoms with Crippen molar-refractivity contribution in [2.45, 2.75) is 51.2 Å². The molecule has 1 saturated carbocycles. The lowest BCUT2D eigenvalue weighted by Crippen LogP contribution is -2.45. The van der Waals surface area contributed by atoms with Crippen LogP contribution in [0.25, 0.3) is 0 Å². The van der Waals surface area contributed by atoms with Crippen molar-refractivity contribution >= 4 is 12.3 Å². The summed E-state index contributed by atoms with van der Waals surface area (Å²) in [6.07, 6.45) is 4.35. The Morgan fingerprint density at radius 3 is 2.87 bits per heavy atom. The quantitative estimate of drug-likeness (QED) is 0.748. The number of rotatable bonds is 2. The van der Waals surface area contributed by atoms with Gasteiger partial charge in [0.1, 0.15) is 0 Å². The fraction of sp³-hybridized carbons (Fsp3) is 0.818. The van der Waals surface area contributed by atoms with Gasteiger partial charge in [-0.1, -0.05) is 0 Å². The van der Waals surface area contributed by atoms with Crippen molar-refractivity contribution in [3.63, 3.8) is 0 Å². The van der Waals surface area contributed by atoms with Crippen molar-refractivity contribution in [1.29, 1.82) is 0 Å². The molecule has 84 valence electrons. The summed E-state index contributed by atoms with van der Waals surface area (Å²) < 4.78 is 0. The van der Waals surface area contributed by atoms with Gasteiger partial charge < -0.3 is 10.0 Å². The summed E-state index contributed by atoms with van der Waals surface area (Å²) in [5.41, 5.74) is 0. The third-order valence-corrected chi connectivity index (χ3v) is 3.50. The normalized spacial score (nSPS) is 34.6. The van der Waals surface area contributed by atoms with E-state index in [1.54, 1.807) is 0 Å². The van der Waals surface area contributed by atoms with E-state index < -0.39 is 5.97 Å². The number of hydrogen-bond acceptors (Lipinski definition) is 3. The van der Waals surface area contributed by atoms with E-state index in [-0.39, 0.29) is 5.92 Å². The molecule has 0 saturated heterocycles. The Balaban J connectivity index is 2.06. The minimum absolute atomic E-state index is 0.172. The average molecular weight is 210 g/mol. The van der Waals surface area contributed by atoms with Gasteiger partial charge in [0.15, 0.2) is 0 Å². The highest BCUT2D eigenvalue weighted by atomic mass is 16.4. The Hall–Kier alpha value is -1.06. The molecule has 0 aromatic heterocycles. The predicted molar refractivity (Wildman–Crippen MR) is 58.0 cm³/mol. The van der Waals surface area contributed by atoms with Gasteiger partial charge in [-0.25, -0.2) is 0 Å². The van der Waals surface area contributed by atoms with Crippen LogP contribution in [0.3, 0.4) is 0 Å². The summed E-state index contributed by atoms with van der Waals surface area (Å²) in [5, 5.41) is 9.02. The Labute approximate surface area is 90.0 Å². The predicted octanol–water partition coefficient (Wildman–Crippen LogP) is 1.36. The molecule has 1 aliphatic heterocycles. The molecule has 0 spiro atoms. The van der Waals surface area contributed by atoms with Crippen molar-refractivity contribution in [3.8, 4) is 0 Å². The van der Waals surface area contributed by atoms with Crippen LogP contribution in [0, 0.1) is 5.92 Å². The van der Waals surface area contributed by atoms with E-state index in [9.17, 15) is 4.79 Å². The second kappa shape index (κ2) is 3.83. The SMILES string of the molecule is CC(C)N1C=NC2CCC(C(=O)O)CC21. The highest BCUT2D eigenvalue weighted by molar-refractivity contribution is 5.70. The lowest BCUT2D eigenvalue weighted by molar-refractivity contribution is -0.143. The lowest BCUT2D eigenvalue weighted by Gasteiger charge is -2.36. The zero-order valence-electron chi connectivity index (χ0n) is 9.26. The zero-order valence-corrected chi connectivity index (χ0v) is 9.26. The van der Waals surface area contributed by atoms with E-state index in [1.165, 1.54) is 0 Å². The maximum Gasteiger partial charge on any atom is 0.306 e. The molecular formula is C11H18N2O2. The molecule has 2 aliphatic rings. The summed E-state index contributed by atoms with van der Waals surface area (Å²) in [7, 11) is 0. The van der Waals surface area contributed by atoms with E-state index >= 15 is 0 Å². The van der Waals surface area contributed by atoms with Crippen LogP contribution in [0.5, 0.6) is 0 Å². The van der Waals surface area contributed by atoms with E-state index in [1.807, 2.05) is 6.34 Å². The van der Waals surface area contributed by atoms with Gasteiger partial charge in [-0.3, -0.25) is 9.79 Å². The molecular weight excluding hydrogens is 192 g/mol. The lowest BCUT2D eigenvalue weighted by atomic mass is 9.82. The van der Waals surface area contributed by atoms with Crippen LogP contribution in [-0.2, 0) is 4.79 Å². The second-order valence-electron chi connectivity index (χ2n) is 4.79. The van der Waals surface area contributed by atoms with Crippen LogP contribution in [0.2, 0.25) is 0 Å². The Morgan fingerprint density at radius 2 is 2.27 bits per heavy atom. The molecule has 0 radical (unpaired) electrons. The molecule has 1 fully saturated rings. The number of nitrogens with zero attached hydrogens (tertiary/aromatic N) is 2. The van der Waals surface area contributed by atoms with Gasteiger partial charge in [-0.05, 0) is 33.1 Å². The first kappa shape index (κ1) is 10.5. The minimum atomic E-state index is -0.649. The van der Waals surface area contributed by atoms with E-state index in [4.69, 9.17) is 5.11 Å². The topological polar surface area (TPSA) is 52.9 Å². The Morgan fingerprint density at radius 1 is 1.53 bits per heavy atom. The first-order valence-electron chi connectivity index (χ1n) is 5.63. The average Bonchev–Trinajstić information content (AvgIpc) is 2.59. The van der Waals surface area contributed by atoms with Crippen LogP contribution in [0.15, 0.2) is 4.99 Å². The Kier molecular flexibility index (Phi) is 2.67. The summed E-state index contributed by atoms with van der Waals surface area (Å²) in [4.78, 5) is 17.6. The number of carboxylic acids is 1. The van der Waals surface area contributed by atoms with Crippen molar-refractivity contribution in [3.05, 3.63) is 0 Å². The molecule has 0 amide bonds. The smallest absolute Gasteiger partial charge is 0.306 e. The molecule has 4 nitrogen and oxygen atoms in total. The molecule has 4 heteroatoms. The molecule has 0 bridgehead atoms. The number of fused-ring (bicyclic) bond motifs is 1. The maximum absolute atomic E-state index is 11.0. The molecule has 15 heavy (non-hydrogen) atoms. The van der Waals surface area contributed by atoms with Gasteiger partial charge in [0.25, 0.3) is 0 Å². The van der Waals surface area contributed by atoms with E-state index in [2.05, 4.69) is 23.7 Å². The zero-order chi connectivity index (χ0) is 11.0. The third-order valence-electron chi connectivity index (χ3n) is 3.50. The van der Waals surface area contributed by atoms with Crippen LogP contribution in [0.4, 0.5) is 0 Å². The van der Waals surface area contributed by atoms with Crippen molar-refractivity contribution in [1.82, 2.24) is 4.90 Å². The molecule has 2 rings (SSSR count). The maximum atomic E-state index is 11.0. The van der Waals surface area contributed by atoms with Crippen LogP contribution in [-0.4, -0.2) is 40.4 Å². The van der Waals surface area contributed by atoms with Crippen LogP contribution in [0.1, 0.15) is 33.1 Å². The van der Waals surface area contributed by atoms with Gasteiger partial charge in [-0.2, -0.15) is 0 Å². The molecule has 1 N–H and O–H groups in total. The van der Waals surface area contributed by atoms with Gasteiger partial charge in [0.2, 0.25) is 0 Å². The molecule has 3 atom stereocenters. The summed E-state index contributed by atoms with van der Waals surface area (Å²) in [6, 6.07) is 1.07. The van der Waals surface area contributed by atoms with Gasteiger partial charge in [0.05, 0.1) is 24.3 Å². The molecule has 3 unspecified atom stereocenters. The highest BCUT2D eigenvalue weighted by Gasteiger charge is 2.39. The second-order valence-corrected chi connectivity index (χ2v) is 4.79. The van der Waals surface area contributed by atoms with Gasteiger partial charge >= 0.3 is 5.97 Å². The highest BCUT2D eigenvalue weighted by Crippen LogP contribution is 2.33. The molecule has 0 aromatic rings. The summed E-state index contributed by atoms with van der Waals surface area (Å²) in [6.45, 7) is 4.25. The fourth-order valence-electron chi connectivity index (χ4n) is 2.61. The largest absolute Gasteiger partial charge is 0.481 e. The molecule has 1 heterocycles.